The second-order valence-electron chi connectivity index (χ2n) is 8.91. The highest BCUT2D eigenvalue weighted by atomic mass is 16.5. The fourth-order valence-corrected chi connectivity index (χ4v) is 4.46. The summed E-state index contributed by atoms with van der Waals surface area (Å²) >= 11 is 0. The number of piperidine rings is 1. The fraction of sp³-hybridized carbons (Fsp3) is 0.310. The van der Waals surface area contributed by atoms with Gasteiger partial charge in [0.05, 0.1) is 6.61 Å². The lowest BCUT2D eigenvalue weighted by molar-refractivity contribution is 0.0950. The molecule has 1 heterocycles. The summed E-state index contributed by atoms with van der Waals surface area (Å²) in [6.45, 7) is 6.43. The highest BCUT2D eigenvalue weighted by Gasteiger charge is 2.25. The van der Waals surface area contributed by atoms with Gasteiger partial charge in [0.15, 0.2) is 0 Å². The van der Waals surface area contributed by atoms with Crippen LogP contribution in [0.25, 0.3) is 0 Å². The van der Waals surface area contributed by atoms with Gasteiger partial charge in [0.25, 0.3) is 5.91 Å². The van der Waals surface area contributed by atoms with Gasteiger partial charge in [-0.25, -0.2) is 4.79 Å². The topological polar surface area (TPSA) is 70.7 Å². The Morgan fingerprint density at radius 1 is 1.03 bits per heavy atom. The van der Waals surface area contributed by atoms with E-state index in [0.29, 0.717) is 25.3 Å². The van der Waals surface area contributed by atoms with Crippen LogP contribution < -0.4 is 15.4 Å². The van der Waals surface area contributed by atoms with E-state index in [1.165, 1.54) is 0 Å². The molecule has 6 nitrogen and oxygen atoms in total. The number of carbonyl (C=O) groups is 2. The molecule has 3 amide bonds. The molecule has 35 heavy (non-hydrogen) atoms. The van der Waals surface area contributed by atoms with Gasteiger partial charge in [0, 0.05) is 36.8 Å². The maximum absolute atomic E-state index is 12.9. The van der Waals surface area contributed by atoms with E-state index >= 15 is 0 Å². The Labute approximate surface area is 207 Å². The van der Waals surface area contributed by atoms with Gasteiger partial charge in [-0.3, -0.25) is 4.79 Å². The van der Waals surface area contributed by atoms with E-state index in [1.807, 2.05) is 85.5 Å². The quantitative estimate of drug-likeness (QED) is 0.462. The van der Waals surface area contributed by atoms with Crippen molar-refractivity contribution in [3.63, 3.8) is 0 Å². The molecule has 182 valence electrons. The van der Waals surface area contributed by atoms with E-state index in [0.717, 1.165) is 47.5 Å². The molecule has 0 radical (unpaired) electrons. The Morgan fingerprint density at radius 2 is 1.83 bits per heavy atom. The van der Waals surface area contributed by atoms with E-state index in [2.05, 4.69) is 16.7 Å². The van der Waals surface area contributed by atoms with Crippen molar-refractivity contribution in [1.29, 1.82) is 0 Å². The third kappa shape index (κ3) is 6.41. The Kier molecular flexibility index (Phi) is 8.03. The summed E-state index contributed by atoms with van der Waals surface area (Å²) in [6, 6.07) is 23.1. The van der Waals surface area contributed by atoms with Gasteiger partial charge in [0.1, 0.15) is 5.75 Å². The average Bonchev–Trinajstić information content (AvgIpc) is 2.89. The summed E-state index contributed by atoms with van der Waals surface area (Å²) in [5.74, 6) is 0.890. The molecule has 1 saturated heterocycles. The molecular weight excluding hydrogens is 438 g/mol. The number of nitrogens with one attached hydrogen (secondary N) is 2. The predicted octanol–water partition coefficient (Wildman–Crippen LogP) is 5.74. The second-order valence-corrected chi connectivity index (χ2v) is 8.91. The van der Waals surface area contributed by atoms with E-state index in [9.17, 15) is 9.59 Å². The summed E-state index contributed by atoms with van der Waals surface area (Å²) < 4.78 is 5.46. The van der Waals surface area contributed by atoms with E-state index in [1.54, 1.807) is 0 Å². The van der Waals surface area contributed by atoms with E-state index in [4.69, 9.17) is 4.74 Å². The van der Waals surface area contributed by atoms with Crippen molar-refractivity contribution in [1.82, 2.24) is 10.2 Å². The molecule has 1 atom stereocenters. The molecule has 1 aliphatic rings. The largest absolute Gasteiger partial charge is 0.494 e. The van der Waals surface area contributed by atoms with Crippen molar-refractivity contribution in [2.45, 2.75) is 39.2 Å². The SMILES string of the molecule is CCOc1ccc(NC(=O)N2CCC[C@@H](c3cccc(C(=O)NCc4ccccc4C)c3)C2)cc1. The molecule has 0 bridgehead atoms. The highest BCUT2D eigenvalue weighted by molar-refractivity contribution is 5.94. The summed E-state index contributed by atoms with van der Waals surface area (Å²) in [5, 5.41) is 6.02. The zero-order chi connectivity index (χ0) is 24.6. The van der Waals surface area contributed by atoms with Gasteiger partial charge >= 0.3 is 6.03 Å². The average molecular weight is 472 g/mol. The molecule has 3 aromatic carbocycles. The van der Waals surface area contributed by atoms with Crippen LogP contribution in [0, 0.1) is 6.92 Å². The maximum Gasteiger partial charge on any atom is 0.321 e. The Balaban J connectivity index is 1.36. The van der Waals surface area contributed by atoms with E-state index in [-0.39, 0.29) is 17.9 Å². The minimum atomic E-state index is -0.106. The molecule has 1 aliphatic heterocycles. The van der Waals surface area contributed by atoms with Crippen LogP contribution in [0.5, 0.6) is 5.75 Å². The molecule has 0 saturated carbocycles. The van der Waals surface area contributed by atoms with Crippen molar-refractivity contribution in [3.05, 3.63) is 95.1 Å². The van der Waals surface area contributed by atoms with Crippen LogP contribution >= 0.6 is 0 Å². The Hall–Kier alpha value is -3.80. The fourth-order valence-electron chi connectivity index (χ4n) is 4.46. The van der Waals surface area contributed by atoms with Crippen LogP contribution in [-0.4, -0.2) is 36.5 Å². The van der Waals surface area contributed by atoms with Gasteiger partial charge < -0.3 is 20.3 Å². The minimum absolute atomic E-state index is 0.0870. The number of carbonyl (C=O) groups excluding carboxylic acids is 2. The molecule has 2 N–H and O–H groups in total. The molecule has 0 aliphatic carbocycles. The smallest absolute Gasteiger partial charge is 0.321 e. The lowest BCUT2D eigenvalue weighted by Crippen LogP contribution is -2.41. The Bertz CT molecular complexity index is 1160. The number of anilines is 1. The van der Waals surface area contributed by atoms with Gasteiger partial charge in [0.2, 0.25) is 0 Å². The van der Waals surface area contributed by atoms with Gasteiger partial charge in [-0.05, 0) is 79.8 Å². The summed E-state index contributed by atoms with van der Waals surface area (Å²) in [5.41, 5.74) is 4.75. The number of ether oxygens (including phenoxy) is 1. The number of hydrogen-bond acceptors (Lipinski definition) is 3. The van der Waals surface area contributed by atoms with Crippen molar-refractivity contribution >= 4 is 17.6 Å². The zero-order valence-electron chi connectivity index (χ0n) is 20.4. The molecule has 0 spiro atoms. The molecule has 3 aromatic rings. The number of hydrogen-bond donors (Lipinski definition) is 2. The third-order valence-electron chi connectivity index (χ3n) is 6.45. The van der Waals surface area contributed by atoms with Crippen molar-refractivity contribution in [2.75, 3.05) is 25.0 Å². The molecule has 1 fully saturated rings. The van der Waals surface area contributed by atoms with Crippen LogP contribution in [0.4, 0.5) is 10.5 Å². The molecule has 6 heteroatoms. The van der Waals surface area contributed by atoms with E-state index < -0.39 is 0 Å². The first-order valence-corrected chi connectivity index (χ1v) is 12.2. The predicted molar refractivity (Wildman–Crippen MR) is 139 cm³/mol. The highest BCUT2D eigenvalue weighted by Crippen LogP contribution is 2.28. The van der Waals surface area contributed by atoms with Crippen molar-refractivity contribution in [3.8, 4) is 5.75 Å². The first-order valence-electron chi connectivity index (χ1n) is 12.2. The van der Waals surface area contributed by atoms with Crippen LogP contribution in [0.3, 0.4) is 0 Å². The lowest BCUT2D eigenvalue weighted by atomic mass is 9.89. The summed E-state index contributed by atoms with van der Waals surface area (Å²) in [7, 11) is 0. The van der Waals surface area contributed by atoms with Crippen LogP contribution in [0.15, 0.2) is 72.8 Å². The standard InChI is InChI=1S/C29H33N3O3/c1-3-35-27-15-13-26(14-16-27)31-29(34)32-17-7-12-25(20-32)22-10-6-11-23(18-22)28(33)30-19-24-9-5-4-8-21(24)2/h4-6,8-11,13-16,18,25H,3,7,12,17,19-20H2,1-2H3,(H,30,33)(H,31,34)/t25-/m1/s1. The lowest BCUT2D eigenvalue weighted by Gasteiger charge is -2.33. The zero-order valence-corrected chi connectivity index (χ0v) is 20.4. The molecular formula is C29H33N3O3. The van der Waals surface area contributed by atoms with Crippen LogP contribution in [-0.2, 0) is 6.54 Å². The monoisotopic (exact) mass is 471 g/mol. The number of benzene rings is 3. The second kappa shape index (κ2) is 11.6. The first kappa shape index (κ1) is 24.3. The number of rotatable bonds is 7. The summed E-state index contributed by atoms with van der Waals surface area (Å²) in [4.78, 5) is 27.6. The first-order chi connectivity index (χ1) is 17.0. The van der Waals surface area contributed by atoms with Gasteiger partial charge in [-0.15, -0.1) is 0 Å². The number of amides is 3. The van der Waals surface area contributed by atoms with Crippen molar-refractivity contribution < 1.29 is 14.3 Å². The van der Waals surface area contributed by atoms with Gasteiger partial charge in [-0.1, -0.05) is 36.4 Å². The maximum atomic E-state index is 12.9. The van der Waals surface area contributed by atoms with Crippen LogP contribution in [0.2, 0.25) is 0 Å². The van der Waals surface area contributed by atoms with Gasteiger partial charge in [-0.2, -0.15) is 0 Å². The Morgan fingerprint density at radius 3 is 2.60 bits per heavy atom. The number of aryl methyl sites for hydroxylation is 1. The van der Waals surface area contributed by atoms with Crippen molar-refractivity contribution in [2.24, 2.45) is 0 Å². The third-order valence-corrected chi connectivity index (χ3v) is 6.45. The summed E-state index contributed by atoms with van der Waals surface area (Å²) in [6.07, 6.45) is 1.91. The number of urea groups is 1. The number of likely N-dealkylation sites (tertiary alicyclic amines) is 1. The number of nitrogens with zero attached hydrogens (tertiary/aromatic N) is 1. The molecule has 0 aromatic heterocycles. The molecule has 4 rings (SSSR count). The van der Waals surface area contributed by atoms with Crippen LogP contribution in [0.1, 0.15) is 52.7 Å². The molecule has 0 unspecified atom stereocenters. The normalized spacial score (nSPS) is 15.4. The minimum Gasteiger partial charge on any atom is -0.494 e.